The largest absolute Gasteiger partial charge is 0.396 e. The van der Waals surface area contributed by atoms with Crippen molar-refractivity contribution < 1.29 is 10.0 Å². The number of nitro groups is 1. The Morgan fingerprint density at radius 3 is 2.73 bits per heavy atom. The van der Waals surface area contributed by atoms with Crippen LogP contribution in [0.4, 0.5) is 11.5 Å². The molecule has 1 aliphatic heterocycles. The second-order valence-electron chi connectivity index (χ2n) is 5.39. The van der Waals surface area contributed by atoms with E-state index < -0.39 is 16.2 Å². The van der Waals surface area contributed by atoms with Crippen molar-refractivity contribution in [3.8, 4) is 0 Å². The third-order valence-electron chi connectivity index (χ3n) is 4.05. The molecule has 8 heteroatoms. The lowest BCUT2D eigenvalue weighted by atomic mass is 9.98. The highest BCUT2D eigenvalue weighted by atomic mass is 16.6. The lowest BCUT2D eigenvalue weighted by Crippen LogP contribution is -2.37. The van der Waals surface area contributed by atoms with E-state index in [4.69, 9.17) is 0 Å². The summed E-state index contributed by atoms with van der Waals surface area (Å²) < 4.78 is 1.18. The second-order valence-corrected chi connectivity index (χ2v) is 5.39. The summed E-state index contributed by atoms with van der Waals surface area (Å²) in [6, 6.07) is 5.01. The van der Waals surface area contributed by atoms with Crippen LogP contribution in [-0.4, -0.2) is 39.1 Å². The van der Waals surface area contributed by atoms with Crippen molar-refractivity contribution in [2.24, 2.45) is 5.92 Å². The molecule has 0 aromatic carbocycles. The second kappa shape index (κ2) is 5.72. The quantitative estimate of drug-likeness (QED) is 0.665. The van der Waals surface area contributed by atoms with Gasteiger partial charge in [0.1, 0.15) is 5.65 Å². The number of piperidine rings is 1. The van der Waals surface area contributed by atoms with Crippen LogP contribution in [0.3, 0.4) is 0 Å². The lowest BCUT2D eigenvalue weighted by Gasteiger charge is -2.31. The zero-order chi connectivity index (χ0) is 15.7. The fourth-order valence-corrected chi connectivity index (χ4v) is 2.78. The molecule has 1 N–H and O–H groups in total. The minimum Gasteiger partial charge on any atom is -0.396 e. The van der Waals surface area contributed by atoms with Gasteiger partial charge in [-0.15, -0.1) is 0 Å². The number of anilines is 1. The van der Waals surface area contributed by atoms with Crippen LogP contribution < -0.4 is 10.5 Å². The Morgan fingerprint density at radius 2 is 2.09 bits per heavy atom. The molecule has 0 aliphatic carbocycles. The fourth-order valence-electron chi connectivity index (χ4n) is 2.78. The Morgan fingerprint density at radius 1 is 1.36 bits per heavy atom. The smallest absolute Gasteiger partial charge is 0.376 e. The molecule has 3 rings (SSSR count). The highest BCUT2D eigenvalue weighted by Gasteiger charge is 2.30. The number of aliphatic hydroxyl groups excluding tert-OH is 1. The van der Waals surface area contributed by atoms with Crippen LogP contribution in [0.1, 0.15) is 12.8 Å². The first-order valence-electron chi connectivity index (χ1n) is 7.13. The predicted molar refractivity (Wildman–Crippen MR) is 80.1 cm³/mol. The van der Waals surface area contributed by atoms with Crippen LogP contribution in [0.25, 0.3) is 5.65 Å². The van der Waals surface area contributed by atoms with Gasteiger partial charge in [-0.1, -0.05) is 6.07 Å². The van der Waals surface area contributed by atoms with E-state index in [0.717, 1.165) is 12.8 Å². The number of hydrogen-bond donors (Lipinski definition) is 1. The maximum atomic E-state index is 12.4. The number of aliphatic hydroxyl groups is 1. The van der Waals surface area contributed by atoms with Gasteiger partial charge in [0, 0.05) is 25.9 Å². The third-order valence-corrected chi connectivity index (χ3v) is 4.05. The van der Waals surface area contributed by atoms with E-state index in [9.17, 15) is 20.0 Å². The van der Waals surface area contributed by atoms with Crippen LogP contribution in [0, 0.1) is 16.0 Å². The van der Waals surface area contributed by atoms with E-state index in [1.807, 2.05) is 0 Å². The predicted octanol–water partition coefficient (Wildman–Crippen LogP) is 0.811. The first-order valence-corrected chi connectivity index (χ1v) is 7.13. The van der Waals surface area contributed by atoms with Gasteiger partial charge in [-0.2, -0.15) is 0 Å². The highest BCUT2D eigenvalue weighted by Crippen LogP contribution is 2.27. The van der Waals surface area contributed by atoms with Crippen molar-refractivity contribution in [3.63, 3.8) is 0 Å². The summed E-state index contributed by atoms with van der Waals surface area (Å²) in [6.07, 6.45) is 2.92. The Labute approximate surface area is 125 Å². The lowest BCUT2D eigenvalue weighted by molar-refractivity contribution is -0.385. The van der Waals surface area contributed by atoms with Crippen molar-refractivity contribution in [3.05, 3.63) is 44.9 Å². The molecule has 1 aliphatic rings. The summed E-state index contributed by atoms with van der Waals surface area (Å²) >= 11 is 0. The van der Waals surface area contributed by atoms with Gasteiger partial charge in [-0.05, 0) is 30.9 Å². The van der Waals surface area contributed by atoms with Gasteiger partial charge in [0.2, 0.25) is 5.82 Å². The molecule has 0 saturated carbocycles. The van der Waals surface area contributed by atoms with Gasteiger partial charge in [0.25, 0.3) is 0 Å². The number of fused-ring (bicyclic) bond motifs is 1. The Hall–Kier alpha value is -2.48. The van der Waals surface area contributed by atoms with E-state index in [1.165, 1.54) is 10.6 Å². The molecule has 0 bridgehead atoms. The van der Waals surface area contributed by atoms with Crippen LogP contribution >= 0.6 is 0 Å². The maximum Gasteiger partial charge on any atom is 0.376 e. The summed E-state index contributed by atoms with van der Waals surface area (Å²) in [5, 5.41) is 20.5. The molecular weight excluding hydrogens is 288 g/mol. The Bertz CT molecular complexity index is 765. The summed E-state index contributed by atoms with van der Waals surface area (Å²) in [5.41, 5.74) is -0.779. The highest BCUT2D eigenvalue weighted by molar-refractivity contribution is 5.61. The van der Waals surface area contributed by atoms with E-state index >= 15 is 0 Å². The molecule has 8 nitrogen and oxygen atoms in total. The van der Waals surface area contributed by atoms with Gasteiger partial charge < -0.3 is 10.0 Å². The molecule has 3 heterocycles. The number of nitrogens with zero attached hydrogens (tertiary/aromatic N) is 4. The molecule has 0 atom stereocenters. The van der Waals surface area contributed by atoms with Crippen molar-refractivity contribution >= 4 is 17.2 Å². The van der Waals surface area contributed by atoms with Crippen molar-refractivity contribution in [2.75, 3.05) is 24.6 Å². The minimum absolute atomic E-state index is 0.115. The zero-order valence-corrected chi connectivity index (χ0v) is 11.9. The standard InChI is InChI=1S/C14H16N4O4/c19-9-10-4-7-16(8-5-10)13-12(18(21)22)14(20)17-6-2-1-3-11(17)15-13/h1-3,6,10,19H,4-5,7-9H2. The van der Waals surface area contributed by atoms with Gasteiger partial charge >= 0.3 is 11.2 Å². The Kier molecular flexibility index (Phi) is 3.76. The first-order chi connectivity index (χ1) is 10.6. The molecule has 2 aromatic rings. The molecule has 0 spiro atoms. The molecule has 22 heavy (non-hydrogen) atoms. The van der Waals surface area contributed by atoms with Gasteiger partial charge in [0.05, 0.1) is 4.92 Å². The summed E-state index contributed by atoms with van der Waals surface area (Å²) in [4.78, 5) is 29.1. The summed E-state index contributed by atoms with van der Waals surface area (Å²) in [7, 11) is 0. The molecule has 1 saturated heterocycles. The van der Waals surface area contributed by atoms with E-state index in [2.05, 4.69) is 4.98 Å². The molecule has 0 radical (unpaired) electrons. The summed E-state index contributed by atoms with van der Waals surface area (Å²) in [6.45, 7) is 1.20. The fraction of sp³-hybridized carbons (Fsp3) is 0.429. The van der Waals surface area contributed by atoms with Crippen molar-refractivity contribution in [2.45, 2.75) is 12.8 Å². The SMILES string of the molecule is O=c1c([N+](=O)[O-])c(N2CCC(CO)CC2)nc2ccccn12. The van der Waals surface area contributed by atoms with Crippen LogP contribution in [0.5, 0.6) is 0 Å². The van der Waals surface area contributed by atoms with Gasteiger partial charge in [-0.25, -0.2) is 4.98 Å². The van der Waals surface area contributed by atoms with E-state index in [1.54, 1.807) is 23.1 Å². The summed E-state index contributed by atoms with van der Waals surface area (Å²) in [5.74, 6) is 0.328. The molecular formula is C14H16N4O4. The monoisotopic (exact) mass is 304 g/mol. The number of pyridine rings is 1. The average Bonchev–Trinajstić information content (AvgIpc) is 2.54. The number of rotatable bonds is 3. The van der Waals surface area contributed by atoms with Gasteiger partial charge in [0.15, 0.2) is 0 Å². The van der Waals surface area contributed by atoms with E-state index in [-0.39, 0.29) is 18.3 Å². The van der Waals surface area contributed by atoms with Gasteiger partial charge in [-0.3, -0.25) is 19.3 Å². The first kappa shape index (κ1) is 14.5. The minimum atomic E-state index is -0.671. The zero-order valence-electron chi connectivity index (χ0n) is 11.9. The van der Waals surface area contributed by atoms with Crippen LogP contribution in [0.2, 0.25) is 0 Å². The average molecular weight is 304 g/mol. The third kappa shape index (κ3) is 2.41. The molecule has 116 valence electrons. The molecule has 2 aromatic heterocycles. The maximum absolute atomic E-state index is 12.4. The van der Waals surface area contributed by atoms with Crippen molar-refractivity contribution in [1.82, 2.24) is 9.38 Å². The van der Waals surface area contributed by atoms with E-state index in [0.29, 0.717) is 18.7 Å². The van der Waals surface area contributed by atoms with Crippen LogP contribution in [0.15, 0.2) is 29.2 Å². The molecule has 0 amide bonds. The Balaban J connectivity index is 2.10. The molecule has 0 unspecified atom stereocenters. The van der Waals surface area contributed by atoms with Crippen LogP contribution in [-0.2, 0) is 0 Å². The molecule has 1 fully saturated rings. The number of hydrogen-bond acceptors (Lipinski definition) is 6. The number of aromatic nitrogens is 2. The topological polar surface area (TPSA) is 101 Å². The normalized spacial score (nSPS) is 16.1. The van der Waals surface area contributed by atoms with Crippen molar-refractivity contribution in [1.29, 1.82) is 0 Å².